The number of aromatic nitrogens is 1. The molecule has 0 radical (unpaired) electrons. The highest BCUT2D eigenvalue weighted by molar-refractivity contribution is 7.91. The summed E-state index contributed by atoms with van der Waals surface area (Å²) in [6.07, 6.45) is 0. The maximum Gasteiger partial charge on any atom is 0.325 e. The van der Waals surface area contributed by atoms with Gasteiger partial charge in [-0.15, -0.1) is 0 Å². The smallest absolute Gasteiger partial charge is 0.325 e. The van der Waals surface area contributed by atoms with E-state index in [1.165, 1.54) is 0 Å². The number of imide groups is 1. The standard InChI is InChI=1S/C27H30N4O6S2/c1-4-39(35)21-16-38-26(28-21)30-24(32)23(17(2)18-8-6-5-7-9-18)31-25(33)22(29-27(31)34)19-10-12-20(13-11-19)37-15-14-36-3/h5-13,16-17,22-23H,4,14-15H2,1-3H3,(H,29,34)(H,28,30,32)/t17-,22+,23-,39?/m0/s1. The van der Waals surface area contributed by atoms with E-state index >= 15 is 0 Å². The molecular formula is C27H30N4O6S2. The van der Waals surface area contributed by atoms with Crippen molar-refractivity contribution < 1.29 is 28.4 Å². The monoisotopic (exact) mass is 570 g/mol. The molecule has 1 fully saturated rings. The number of ether oxygens (including phenoxy) is 2. The lowest BCUT2D eigenvalue weighted by Crippen LogP contribution is -2.50. The van der Waals surface area contributed by atoms with E-state index in [0.29, 0.717) is 35.3 Å². The van der Waals surface area contributed by atoms with E-state index < -0.39 is 47.0 Å². The van der Waals surface area contributed by atoms with Gasteiger partial charge in [-0.05, 0) is 30.2 Å². The minimum Gasteiger partial charge on any atom is -0.610 e. The number of benzene rings is 2. The third kappa shape index (κ3) is 6.59. The number of thiazole rings is 1. The second-order valence-corrected chi connectivity index (χ2v) is 11.3. The molecule has 10 nitrogen and oxygen atoms in total. The van der Waals surface area contributed by atoms with Gasteiger partial charge in [-0.2, -0.15) is 4.98 Å². The van der Waals surface area contributed by atoms with Gasteiger partial charge in [-0.25, -0.2) is 9.69 Å². The van der Waals surface area contributed by atoms with Crippen LogP contribution in [0.4, 0.5) is 9.93 Å². The van der Waals surface area contributed by atoms with E-state index in [1.54, 1.807) is 50.6 Å². The molecule has 1 saturated heterocycles. The first-order valence-electron chi connectivity index (χ1n) is 12.4. The molecular weight excluding hydrogens is 540 g/mol. The van der Waals surface area contributed by atoms with Gasteiger partial charge in [-0.3, -0.25) is 14.9 Å². The Labute approximate surface area is 233 Å². The molecule has 2 aromatic carbocycles. The molecule has 39 heavy (non-hydrogen) atoms. The van der Waals surface area contributed by atoms with Crippen molar-refractivity contribution in [1.82, 2.24) is 15.2 Å². The van der Waals surface area contributed by atoms with Crippen molar-refractivity contribution in [3.05, 3.63) is 71.1 Å². The maximum absolute atomic E-state index is 13.6. The Hall–Kier alpha value is -3.45. The first kappa shape index (κ1) is 28.6. The zero-order valence-corrected chi connectivity index (χ0v) is 23.4. The number of hydrogen-bond donors (Lipinski definition) is 2. The van der Waals surface area contributed by atoms with Crippen LogP contribution in [0, 0.1) is 0 Å². The fourth-order valence-corrected chi connectivity index (χ4v) is 5.93. The van der Waals surface area contributed by atoms with E-state index in [1.807, 2.05) is 30.3 Å². The fourth-order valence-electron chi connectivity index (χ4n) is 4.24. The summed E-state index contributed by atoms with van der Waals surface area (Å²) < 4.78 is 22.7. The number of nitrogens with one attached hydrogen (secondary N) is 2. The summed E-state index contributed by atoms with van der Waals surface area (Å²) in [5.74, 6) is -0.635. The van der Waals surface area contributed by atoms with E-state index in [2.05, 4.69) is 15.6 Å². The van der Waals surface area contributed by atoms with Gasteiger partial charge in [0.2, 0.25) is 5.91 Å². The van der Waals surface area contributed by atoms with Gasteiger partial charge in [0.1, 0.15) is 30.2 Å². The Kier molecular flexibility index (Phi) is 9.57. The van der Waals surface area contributed by atoms with Crippen LogP contribution in [0.1, 0.15) is 36.9 Å². The number of urea groups is 1. The largest absolute Gasteiger partial charge is 0.610 e. The summed E-state index contributed by atoms with van der Waals surface area (Å²) in [5, 5.41) is 7.69. The van der Waals surface area contributed by atoms with Crippen LogP contribution in [-0.2, 0) is 25.5 Å². The zero-order chi connectivity index (χ0) is 27.9. The molecule has 206 valence electrons. The van der Waals surface area contributed by atoms with Crippen LogP contribution < -0.4 is 15.4 Å². The second-order valence-electron chi connectivity index (χ2n) is 8.76. The summed E-state index contributed by atoms with van der Waals surface area (Å²) in [6.45, 7) is 4.39. The molecule has 4 amide bonds. The van der Waals surface area contributed by atoms with Crippen molar-refractivity contribution >= 4 is 45.5 Å². The van der Waals surface area contributed by atoms with E-state index in [0.717, 1.165) is 21.8 Å². The van der Waals surface area contributed by atoms with Crippen molar-refractivity contribution in [2.24, 2.45) is 0 Å². The van der Waals surface area contributed by atoms with Crippen LogP contribution in [0.3, 0.4) is 0 Å². The third-order valence-electron chi connectivity index (χ3n) is 6.30. The van der Waals surface area contributed by atoms with Crippen molar-refractivity contribution in [2.75, 3.05) is 31.4 Å². The molecule has 4 atom stereocenters. The van der Waals surface area contributed by atoms with Gasteiger partial charge >= 0.3 is 6.03 Å². The average molecular weight is 571 g/mol. The normalized spacial score (nSPS) is 17.4. The molecule has 0 spiro atoms. The molecule has 2 heterocycles. The third-order valence-corrected chi connectivity index (χ3v) is 8.40. The van der Waals surface area contributed by atoms with E-state index in [-0.39, 0.29) is 5.13 Å². The van der Waals surface area contributed by atoms with Gasteiger partial charge < -0.3 is 19.3 Å². The van der Waals surface area contributed by atoms with Gasteiger partial charge in [0.25, 0.3) is 10.9 Å². The molecule has 1 aromatic heterocycles. The van der Waals surface area contributed by atoms with Gasteiger partial charge in [0.05, 0.1) is 12.0 Å². The van der Waals surface area contributed by atoms with Crippen LogP contribution in [-0.4, -0.2) is 64.4 Å². The number of nitrogens with zero attached hydrogens (tertiary/aromatic N) is 2. The van der Waals surface area contributed by atoms with Gasteiger partial charge in [-0.1, -0.05) is 60.7 Å². The summed E-state index contributed by atoms with van der Waals surface area (Å²) >= 11 is -0.137. The number of amides is 4. The summed E-state index contributed by atoms with van der Waals surface area (Å²) in [7, 11) is 1.58. The minimum absolute atomic E-state index is 0.245. The quantitative estimate of drug-likeness (QED) is 0.193. The number of rotatable bonds is 12. The van der Waals surface area contributed by atoms with Crippen LogP contribution in [0.5, 0.6) is 5.75 Å². The molecule has 0 saturated carbocycles. The van der Waals surface area contributed by atoms with Gasteiger partial charge in [0.15, 0.2) is 5.13 Å². The van der Waals surface area contributed by atoms with Crippen LogP contribution >= 0.6 is 11.3 Å². The lowest BCUT2D eigenvalue weighted by molar-refractivity contribution is -0.134. The Bertz CT molecular complexity index is 1290. The highest BCUT2D eigenvalue weighted by atomic mass is 32.2. The molecule has 0 aliphatic carbocycles. The van der Waals surface area contributed by atoms with Crippen LogP contribution in [0.25, 0.3) is 0 Å². The summed E-state index contributed by atoms with van der Waals surface area (Å²) in [6, 6.07) is 13.2. The Morgan fingerprint density at radius 2 is 1.90 bits per heavy atom. The second kappa shape index (κ2) is 13.1. The molecule has 2 N–H and O–H groups in total. The first-order valence-corrected chi connectivity index (χ1v) is 14.6. The molecule has 4 rings (SSSR count). The maximum atomic E-state index is 13.6. The minimum atomic E-state index is -1.27. The predicted molar refractivity (Wildman–Crippen MR) is 148 cm³/mol. The molecule has 3 aromatic rings. The van der Waals surface area contributed by atoms with Crippen LogP contribution in [0.15, 0.2) is 65.0 Å². The van der Waals surface area contributed by atoms with Gasteiger partial charge in [0, 0.05) is 24.2 Å². The van der Waals surface area contributed by atoms with Crippen molar-refractivity contribution in [3.63, 3.8) is 0 Å². The number of methoxy groups -OCH3 is 1. The Balaban J connectivity index is 1.59. The average Bonchev–Trinajstić information content (AvgIpc) is 3.53. The van der Waals surface area contributed by atoms with Crippen molar-refractivity contribution in [1.29, 1.82) is 0 Å². The van der Waals surface area contributed by atoms with E-state index in [9.17, 15) is 18.9 Å². The highest BCUT2D eigenvalue weighted by Gasteiger charge is 2.47. The molecule has 1 aliphatic heterocycles. The lowest BCUT2D eigenvalue weighted by atomic mass is 9.91. The number of carbonyl (C=O) groups is 3. The fraction of sp³-hybridized carbons (Fsp3) is 0.333. The Morgan fingerprint density at radius 1 is 1.18 bits per heavy atom. The number of anilines is 1. The molecule has 0 bridgehead atoms. The molecule has 1 aliphatic rings. The van der Waals surface area contributed by atoms with E-state index in [4.69, 9.17) is 9.47 Å². The number of carbonyl (C=O) groups excluding carboxylic acids is 3. The van der Waals surface area contributed by atoms with Crippen molar-refractivity contribution in [3.8, 4) is 5.75 Å². The summed E-state index contributed by atoms with van der Waals surface area (Å²) in [4.78, 5) is 45.7. The zero-order valence-electron chi connectivity index (χ0n) is 21.8. The SMILES string of the molecule is CC[S+]([O-])c1csc(NC(=O)[C@H]([C@@H](C)c2ccccc2)N2C(=O)N[C@H](c3ccc(OCCOC)cc3)C2=O)n1. The topological polar surface area (TPSA) is 133 Å². The lowest BCUT2D eigenvalue weighted by Gasteiger charge is -2.29. The summed E-state index contributed by atoms with van der Waals surface area (Å²) in [5.41, 5.74) is 1.35. The molecule has 1 unspecified atom stereocenters. The Morgan fingerprint density at radius 3 is 2.56 bits per heavy atom. The number of hydrogen-bond acceptors (Lipinski definition) is 8. The van der Waals surface area contributed by atoms with Crippen LogP contribution in [0.2, 0.25) is 0 Å². The molecule has 12 heteroatoms. The first-order chi connectivity index (χ1) is 18.8. The highest BCUT2D eigenvalue weighted by Crippen LogP contribution is 2.32. The predicted octanol–water partition coefficient (Wildman–Crippen LogP) is 3.70. The van der Waals surface area contributed by atoms with Crippen molar-refractivity contribution in [2.45, 2.75) is 36.9 Å².